The van der Waals surface area contributed by atoms with Crippen molar-refractivity contribution in [2.24, 2.45) is 71.0 Å². The molecule has 0 radical (unpaired) electrons. The molecule has 3 spiro atoms. The number of hydrogen-bond donors (Lipinski definition) is 0. The Labute approximate surface area is 865 Å². The molecule has 16 aliphatic rings. The average Bonchev–Trinajstić information content (AvgIpc) is 1.52. The molecule has 0 saturated heterocycles. The molecular weight excluding hydrogens is 1800 g/mol. The molecule has 0 atom stereocenters. The van der Waals surface area contributed by atoms with E-state index in [-0.39, 0.29) is 21.7 Å². The van der Waals surface area contributed by atoms with Crippen molar-refractivity contribution in [2.75, 3.05) is 14.7 Å². The van der Waals surface area contributed by atoms with Crippen molar-refractivity contribution in [3.8, 4) is 55.9 Å². The number of para-hydroxylation sites is 6. The lowest BCUT2D eigenvalue weighted by molar-refractivity contribution is -0.0397. The van der Waals surface area contributed by atoms with Gasteiger partial charge in [0.1, 0.15) is 0 Å². The zero-order valence-corrected chi connectivity index (χ0v) is 84.3. The van der Waals surface area contributed by atoms with Crippen LogP contribution in [0.4, 0.5) is 51.2 Å². The van der Waals surface area contributed by atoms with Crippen molar-refractivity contribution in [1.29, 1.82) is 0 Å². The van der Waals surface area contributed by atoms with Gasteiger partial charge in [-0.05, 0) is 396 Å². The van der Waals surface area contributed by atoms with Crippen molar-refractivity contribution in [3.63, 3.8) is 0 Å². The highest BCUT2D eigenvalue weighted by Crippen LogP contribution is 2.76. The first kappa shape index (κ1) is 85.4. The maximum atomic E-state index is 2.67. The van der Waals surface area contributed by atoms with E-state index in [9.17, 15) is 0 Å². The van der Waals surface area contributed by atoms with Crippen LogP contribution in [-0.2, 0) is 21.7 Å². The summed E-state index contributed by atoms with van der Waals surface area (Å²) in [4.78, 5) is 7.82. The second-order valence-electron chi connectivity index (χ2n) is 46.9. The molecule has 0 N–H and O–H groups in total. The molecule has 37 rings (SSSR count). The SMILES string of the molecule is CC1(C)c2ccccc2-c2ccc(N(c3ccc4c(c3)sc3ccccc34)c3cccc4c3C3(c5ccccc5-4)C4CC5CC(C4)CC3C5)cc21.c1ccc(N(c2ccc(-n3c4ccccc4c4ccccc43)cc2)c2cccc3c2C2(c4ccccc4-3)C3CC4CC(C3)CC2C4)cc1.c1ccc(N(c2ccc3c4ccccc4n(-c4ccccc4)c3c2)c2cccc3c2C2(c4ccccc4-3)C3CC4CC(C3)CC2C4)cc1. The lowest BCUT2D eigenvalue weighted by Crippen LogP contribution is -2.55. The fourth-order valence-electron chi connectivity index (χ4n) is 35.1. The molecule has 12 bridgehead atoms. The van der Waals surface area contributed by atoms with Crippen LogP contribution in [0.5, 0.6) is 0 Å². The van der Waals surface area contributed by atoms with Gasteiger partial charge in [-0.15, -0.1) is 11.3 Å². The summed E-state index contributed by atoms with van der Waals surface area (Å²) in [5, 5.41) is 7.88. The van der Waals surface area contributed by atoms with Crippen LogP contribution < -0.4 is 14.7 Å². The smallest absolute Gasteiger partial charge is 0.0561 e. The Morgan fingerprint density at radius 2 is 0.497 bits per heavy atom. The van der Waals surface area contributed by atoms with E-state index in [1.165, 1.54) is 278 Å². The monoisotopic (exact) mass is 1910 g/mol. The predicted molar refractivity (Wildman–Crippen MR) is 612 cm³/mol. The van der Waals surface area contributed by atoms with Crippen LogP contribution in [0.15, 0.2) is 419 Å². The van der Waals surface area contributed by atoms with E-state index in [4.69, 9.17) is 0 Å². The van der Waals surface area contributed by atoms with E-state index < -0.39 is 0 Å². The van der Waals surface area contributed by atoms with Gasteiger partial charge in [-0.25, -0.2) is 0 Å². The molecule has 21 aromatic rings. The van der Waals surface area contributed by atoms with E-state index in [1.54, 1.807) is 33.4 Å². The van der Waals surface area contributed by atoms with Gasteiger partial charge in [0.2, 0.25) is 0 Å². The number of thiophene rings is 1. The zero-order chi connectivity index (χ0) is 96.4. The van der Waals surface area contributed by atoms with Gasteiger partial charge >= 0.3 is 0 Å². The van der Waals surface area contributed by atoms with Gasteiger partial charge < -0.3 is 23.8 Å². The van der Waals surface area contributed by atoms with Gasteiger partial charge in [-0.1, -0.05) is 293 Å². The van der Waals surface area contributed by atoms with Gasteiger partial charge in [-0.3, -0.25) is 0 Å². The number of anilines is 9. The maximum absolute atomic E-state index is 2.67. The third-order valence-corrected chi connectivity index (χ3v) is 40.8. The summed E-state index contributed by atoms with van der Waals surface area (Å²) >= 11 is 1.92. The van der Waals surface area contributed by atoms with Crippen molar-refractivity contribution in [1.82, 2.24) is 9.13 Å². The Hall–Kier alpha value is -14.8. The van der Waals surface area contributed by atoms with Gasteiger partial charge in [-0.2, -0.15) is 0 Å². The Morgan fingerprint density at radius 1 is 0.204 bits per heavy atom. The molecular formula is C141H117N5S. The summed E-state index contributed by atoms with van der Waals surface area (Å²) in [5.74, 6) is 9.73. The Bertz CT molecular complexity index is 8840. The predicted octanol–water partition coefficient (Wildman–Crippen LogP) is 37.5. The molecule has 0 aliphatic heterocycles. The average molecular weight is 1910 g/mol. The molecule has 6 heteroatoms. The third-order valence-electron chi connectivity index (χ3n) is 39.7. The highest BCUT2D eigenvalue weighted by Gasteiger charge is 2.66. The lowest BCUT2D eigenvalue weighted by atomic mass is 9.43. The fraction of sp³-hybridized carbons (Fsp3) is 0.234. The van der Waals surface area contributed by atoms with Gasteiger partial charge in [0, 0.05) is 109 Å². The minimum absolute atomic E-state index is 0.0689. The number of benzene rings is 18. The van der Waals surface area contributed by atoms with Gasteiger partial charge in [0.25, 0.3) is 0 Å². The minimum atomic E-state index is -0.0689. The summed E-state index contributed by atoms with van der Waals surface area (Å²) in [5.41, 5.74) is 43.0. The first-order valence-corrected chi connectivity index (χ1v) is 55.9. The summed E-state index contributed by atoms with van der Waals surface area (Å²) in [6.45, 7) is 4.82. The topological polar surface area (TPSA) is 19.6 Å². The summed E-state index contributed by atoms with van der Waals surface area (Å²) in [6.07, 6.45) is 21.0. The van der Waals surface area contributed by atoms with E-state index in [0.717, 1.165) is 35.5 Å². The number of aromatic nitrogens is 2. The normalized spacial score (nSPS) is 25.1. The molecule has 3 aromatic heterocycles. The van der Waals surface area contributed by atoms with Crippen molar-refractivity contribution in [2.45, 2.75) is 132 Å². The summed E-state index contributed by atoms with van der Waals surface area (Å²) < 4.78 is 7.58. The Kier molecular flexibility index (Phi) is 18.8. The zero-order valence-electron chi connectivity index (χ0n) is 83.5. The first-order valence-electron chi connectivity index (χ1n) is 55.1. The van der Waals surface area contributed by atoms with Crippen LogP contribution in [-0.4, -0.2) is 9.13 Å². The summed E-state index contributed by atoms with van der Waals surface area (Å²) in [6, 6.07) is 159. The highest BCUT2D eigenvalue weighted by atomic mass is 32.1. The quantitative estimate of drug-likeness (QED) is 0.129. The number of hydrogen-bond acceptors (Lipinski definition) is 4. The van der Waals surface area contributed by atoms with Gasteiger partial charge in [0.05, 0.1) is 39.1 Å². The molecule has 5 nitrogen and oxygen atoms in total. The van der Waals surface area contributed by atoms with Gasteiger partial charge in [0.15, 0.2) is 0 Å². The van der Waals surface area contributed by atoms with E-state index in [0.29, 0.717) is 35.5 Å². The number of rotatable bonds is 11. The molecule has 147 heavy (non-hydrogen) atoms. The highest BCUT2D eigenvalue weighted by molar-refractivity contribution is 7.25. The molecule has 16 aliphatic carbocycles. The van der Waals surface area contributed by atoms with Crippen LogP contribution in [0.3, 0.4) is 0 Å². The number of fused-ring (bicyclic) bond motifs is 21. The van der Waals surface area contributed by atoms with Crippen LogP contribution in [0.25, 0.3) is 120 Å². The molecule has 12 fully saturated rings. The van der Waals surface area contributed by atoms with E-state index >= 15 is 0 Å². The molecule has 712 valence electrons. The minimum Gasteiger partial charge on any atom is -0.310 e. The van der Waals surface area contributed by atoms with Crippen molar-refractivity contribution in [3.05, 3.63) is 463 Å². The lowest BCUT2D eigenvalue weighted by Gasteiger charge is -2.61. The second-order valence-corrected chi connectivity index (χ2v) is 48.0. The molecule has 0 amide bonds. The Balaban J connectivity index is 0.0000000980. The molecule has 3 heterocycles. The molecule has 0 unspecified atom stereocenters. The fourth-order valence-corrected chi connectivity index (χ4v) is 36.3. The second kappa shape index (κ2) is 32.3. The summed E-state index contributed by atoms with van der Waals surface area (Å²) in [7, 11) is 0. The molecule has 12 saturated carbocycles. The maximum Gasteiger partial charge on any atom is 0.0561 e. The van der Waals surface area contributed by atoms with Crippen LogP contribution in [0.1, 0.15) is 155 Å². The van der Waals surface area contributed by atoms with Crippen molar-refractivity contribution >= 4 is 126 Å². The largest absolute Gasteiger partial charge is 0.310 e. The van der Waals surface area contributed by atoms with Crippen LogP contribution >= 0.6 is 11.3 Å². The van der Waals surface area contributed by atoms with E-state index in [2.05, 4.69) is 456 Å². The molecule has 18 aromatic carbocycles. The van der Waals surface area contributed by atoms with Crippen LogP contribution in [0.2, 0.25) is 0 Å². The van der Waals surface area contributed by atoms with E-state index in [1.807, 2.05) is 11.3 Å². The third kappa shape index (κ3) is 12.2. The first-order chi connectivity index (χ1) is 72.6. The Morgan fingerprint density at radius 3 is 0.946 bits per heavy atom. The van der Waals surface area contributed by atoms with Crippen LogP contribution in [0, 0.1) is 71.0 Å². The standard InChI is InChI=1S/C49H41NS.2C46H38N2/c1-48(2)41-14-6-3-10-35(41)37-20-18-33(27-43(37)48)50(34-19-21-39-38-12-5-8-17-45(38)51-46(39)28-34)44-16-9-13-40-36-11-4-7-15-42(36)49(47(40)44)31-23-29-22-30(25-31)26-32(49)24-29;1-3-12-34(13-4-1)47(36-22-23-39-38-17-8-10-20-42(38)48(44(39)29-36)35-14-5-2-6-15-35)43-21-11-18-40-37-16-7-9-19-41(37)46(45(40)43)32-25-30-24-31(27-32)28-33(46)26-30;1-2-11-34(12-3-1)47(35-21-23-36(24-22-35)48-42-18-8-5-14-38(42)39-15-6-9-19-43(39)48)44-20-10-16-40-37-13-4-7-17-41(37)46(45(40)44)32-26-30-25-31(28-32)29-33(46)27-30/h3-21,27-32H,22-26H2,1-2H3;1-23,29-33H,24-28H2;1-24,30-33H,25-29H2. The van der Waals surface area contributed by atoms with Crippen molar-refractivity contribution < 1.29 is 0 Å². The number of nitrogens with zero attached hydrogens (tertiary/aromatic N) is 5.